The zero-order valence-electron chi connectivity index (χ0n) is 16.4. The number of rotatable bonds is 5. The molecule has 2 aromatic rings. The number of nitrogens with zero attached hydrogens (tertiary/aromatic N) is 2. The van der Waals surface area contributed by atoms with Crippen LogP contribution >= 0.6 is 11.3 Å². The van der Waals surface area contributed by atoms with Crippen LogP contribution in [0.4, 0.5) is 5.69 Å². The van der Waals surface area contributed by atoms with Crippen molar-refractivity contribution in [3.8, 4) is 17.7 Å². The summed E-state index contributed by atoms with van der Waals surface area (Å²) in [5.74, 6) is 5.95. The van der Waals surface area contributed by atoms with Crippen LogP contribution in [0, 0.1) is 17.3 Å². The van der Waals surface area contributed by atoms with Crippen LogP contribution in [0.15, 0.2) is 24.7 Å². The molecule has 2 heterocycles. The summed E-state index contributed by atoms with van der Waals surface area (Å²) in [6.45, 7) is 6.10. The maximum absolute atomic E-state index is 11.6. The second-order valence-corrected chi connectivity index (χ2v) is 8.99. The number of ether oxygens (including phenoxy) is 1. The number of aromatic carboxylic acids is 1. The van der Waals surface area contributed by atoms with Crippen molar-refractivity contribution >= 4 is 23.0 Å². The fourth-order valence-electron chi connectivity index (χ4n) is 3.03. The smallest absolute Gasteiger partial charge is 0.348 e. The van der Waals surface area contributed by atoms with Crippen LogP contribution in [0.5, 0.6) is 5.88 Å². The van der Waals surface area contributed by atoms with Crippen molar-refractivity contribution in [1.29, 1.82) is 0 Å². The van der Waals surface area contributed by atoms with Gasteiger partial charge in [-0.25, -0.2) is 14.8 Å². The highest BCUT2D eigenvalue weighted by atomic mass is 32.1. The maximum Gasteiger partial charge on any atom is 0.348 e. The SMILES string of the molecule is CC(C)(C)C#Cc1cc(N[C@H]2CC[C@H](Oc3ccncn3)CC2)c(C(=O)O)s1. The minimum absolute atomic E-state index is 0.122. The van der Waals surface area contributed by atoms with Gasteiger partial charge in [-0.3, -0.25) is 0 Å². The van der Waals surface area contributed by atoms with Crippen molar-refractivity contribution in [2.45, 2.75) is 58.6 Å². The van der Waals surface area contributed by atoms with Gasteiger partial charge in [-0.05, 0) is 52.5 Å². The molecule has 2 N–H and O–H groups in total. The van der Waals surface area contributed by atoms with Crippen LogP contribution in [0.25, 0.3) is 0 Å². The highest BCUT2D eigenvalue weighted by Gasteiger charge is 2.25. The maximum atomic E-state index is 11.6. The second kappa shape index (κ2) is 8.61. The number of carboxylic acids is 1. The summed E-state index contributed by atoms with van der Waals surface area (Å²) in [4.78, 5) is 20.7. The molecule has 7 heteroatoms. The first-order chi connectivity index (χ1) is 13.3. The molecule has 28 heavy (non-hydrogen) atoms. The molecule has 2 aromatic heterocycles. The van der Waals surface area contributed by atoms with Gasteiger partial charge in [0.25, 0.3) is 0 Å². The number of carboxylic acid groups (broad SMARTS) is 1. The van der Waals surface area contributed by atoms with Crippen molar-refractivity contribution in [2.24, 2.45) is 5.41 Å². The lowest BCUT2D eigenvalue weighted by atomic mass is 9.92. The molecule has 0 aromatic carbocycles. The summed E-state index contributed by atoms with van der Waals surface area (Å²) in [5.41, 5.74) is 0.541. The van der Waals surface area contributed by atoms with Gasteiger partial charge in [-0.2, -0.15) is 0 Å². The molecule has 0 unspecified atom stereocenters. The van der Waals surface area contributed by atoms with Crippen LogP contribution in [0.1, 0.15) is 61.0 Å². The lowest BCUT2D eigenvalue weighted by Gasteiger charge is -2.29. The molecule has 1 aliphatic carbocycles. The Balaban J connectivity index is 1.61. The van der Waals surface area contributed by atoms with Gasteiger partial charge in [0.1, 0.15) is 17.3 Å². The first-order valence-corrected chi connectivity index (χ1v) is 10.2. The average Bonchev–Trinajstić information content (AvgIpc) is 3.05. The van der Waals surface area contributed by atoms with Gasteiger partial charge in [0, 0.05) is 23.7 Å². The molecular formula is C21H25N3O3S. The Morgan fingerprint density at radius 1 is 1.32 bits per heavy atom. The van der Waals surface area contributed by atoms with Gasteiger partial charge in [0.2, 0.25) is 5.88 Å². The van der Waals surface area contributed by atoms with Crippen molar-refractivity contribution in [2.75, 3.05) is 5.32 Å². The quantitative estimate of drug-likeness (QED) is 0.723. The number of aromatic nitrogens is 2. The topological polar surface area (TPSA) is 84.3 Å². The van der Waals surface area contributed by atoms with E-state index in [-0.39, 0.29) is 17.6 Å². The first kappa shape index (κ1) is 20.2. The number of carbonyl (C=O) groups is 1. The Morgan fingerprint density at radius 3 is 2.68 bits per heavy atom. The lowest BCUT2D eigenvalue weighted by Crippen LogP contribution is -2.31. The van der Waals surface area contributed by atoms with Crippen LogP contribution in [-0.4, -0.2) is 33.2 Å². The third-order valence-corrected chi connectivity index (χ3v) is 5.40. The fraction of sp³-hybridized carbons (Fsp3) is 0.476. The normalized spacial score (nSPS) is 19.4. The minimum Gasteiger partial charge on any atom is -0.477 e. The number of anilines is 1. The highest BCUT2D eigenvalue weighted by Crippen LogP contribution is 2.31. The zero-order chi connectivity index (χ0) is 20.1. The Hall–Kier alpha value is -2.59. The third-order valence-electron chi connectivity index (χ3n) is 4.36. The summed E-state index contributed by atoms with van der Waals surface area (Å²) < 4.78 is 5.89. The molecule has 148 valence electrons. The molecule has 3 rings (SSSR count). The van der Waals surface area contributed by atoms with E-state index in [1.54, 1.807) is 12.3 Å². The predicted molar refractivity (Wildman–Crippen MR) is 110 cm³/mol. The van der Waals surface area contributed by atoms with Crippen molar-refractivity contribution in [1.82, 2.24) is 9.97 Å². The van der Waals surface area contributed by atoms with Gasteiger partial charge < -0.3 is 15.2 Å². The van der Waals surface area contributed by atoms with Crippen molar-refractivity contribution in [3.05, 3.63) is 34.4 Å². The van der Waals surface area contributed by atoms with Crippen LogP contribution < -0.4 is 10.1 Å². The van der Waals surface area contributed by atoms with Crippen molar-refractivity contribution in [3.63, 3.8) is 0 Å². The standard InChI is InChI=1S/C21H25N3O3S/c1-21(2,3)10-8-16-12-17(19(28-16)20(25)26)24-14-4-6-15(7-5-14)27-18-9-11-22-13-23-18/h9,11-15,24H,4-7H2,1-3H3,(H,25,26)/t14-,15-. The molecular weight excluding hydrogens is 374 g/mol. The lowest BCUT2D eigenvalue weighted by molar-refractivity contribution is 0.0703. The van der Waals surface area contributed by atoms with E-state index in [1.165, 1.54) is 17.7 Å². The average molecular weight is 400 g/mol. The number of thiophene rings is 1. The fourth-order valence-corrected chi connectivity index (χ4v) is 3.85. The van der Waals surface area contributed by atoms with Crippen LogP contribution in [-0.2, 0) is 0 Å². The first-order valence-electron chi connectivity index (χ1n) is 9.40. The van der Waals surface area contributed by atoms with E-state index in [0.717, 1.165) is 30.6 Å². The van der Waals surface area contributed by atoms with Gasteiger partial charge in [0.05, 0.1) is 10.6 Å². The summed E-state index contributed by atoms with van der Waals surface area (Å²) in [5, 5.41) is 12.9. The number of hydrogen-bond acceptors (Lipinski definition) is 6. The second-order valence-electron chi connectivity index (χ2n) is 7.94. The van der Waals surface area contributed by atoms with Crippen LogP contribution in [0.3, 0.4) is 0 Å². The Labute approximate surface area is 169 Å². The monoisotopic (exact) mass is 399 g/mol. The molecule has 6 nitrogen and oxygen atoms in total. The molecule has 0 aliphatic heterocycles. The Bertz CT molecular complexity index is 870. The predicted octanol–water partition coefficient (Wildman–Crippen LogP) is 4.44. The summed E-state index contributed by atoms with van der Waals surface area (Å²) in [6.07, 6.45) is 6.88. The molecule has 0 radical (unpaired) electrons. The van der Waals surface area contributed by atoms with E-state index in [0.29, 0.717) is 16.4 Å². The van der Waals surface area contributed by atoms with Crippen molar-refractivity contribution < 1.29 is 14.6 Å². The summed E-state index contributed by atoms with van der Waals surface area (Å²) in [6, 6.07) is 3.84. The van der Waals surface area contributed by atoms with E-state index in [9.17, 15) is 9.90 Å². The third kappa shape index (κ3) is 5.70. The Morgan fingerprint density at radius 2 is 2.07 bits per heavy atom. The molecule has 0 saturated heterocycles. The van der Waals surface area contributed by atoms with Gasteiger partial charge in [0.15, 0.2) is 0 Å². The van der Waals surface area contributed by atoms with E-state index in [4.69, 9.17) is 4.74 Å². The van der Waals surface area contributed by atoms with E-state index in [2.05, 4.69) is 27.1 Å². The molecule has 1 saturated carbocycles. The molecule has 1 fully saturated rings. The molecule has 0 spiro atoms. The molecule has 0 atom stereocenters. The number of nitrogens with one attached hydrogen (secondary N) is 1. The van der Waals surface area contributed by atoms with E-state index >= 15 is 0 Å². The largest absolute Gasteiger partial charge is 0.477 e. The Kier molecular flexibility index (Phi) is 6.20. The van der Waals surface area contributed by atoms with Gasteiger partial charge >= 0.3 is 5.97 Å². The van der Waals surface area contributed by atoms with Gasteiger partial charge in [-0.15, -0.1) is 11.3 Å². The zero-order valence-corrected chi connectivity index (χ0v) is 17.2. The van der Waals surface area contributed by atoms with E-state index < -0.39 is 5.97 Å². The number of hydrogen-bond donors (Lipinski definition) is 2. The van der Waals surface area contributed by atoms with Gasteiger partial charge in [-0.1, -0.05) is 11.8 Å². The minimum atomic E-state index is -0.919. The summed E-state index contributed by atoms with van der Waals surface area (Å²) in [7, 11) is 0. The molecule has 0 amide bonds. The summed E-state index contributed by atoms with van der Waals surface area (Å²) >= 11 is 1.22. The molecule has 1 aliphatic rings. The van der Waals surface area contributed by atoms with E-state index in [1.807, 2.05) is 26.8 Å². The highest BCUT2D eigenvalue weighted by molar-refractivity contribution is 7.15. The molecule has 0 bridgehead atoms. The van der Waals surface area contributed by atoms with Crippen LogP contribution in [0.2, 0.25) is 0 Å².